The zero-order valence-corrected chi connectivity index (χ0v) is 14.9. The highest BCUT2D eigenvalue weighted by molar-refractivity contribution is 7.89. The van der Waals surface area contributed by atoms with Crippen LogP contribution in [-0.2, 0) is 10.0 Å². The quantitative estimate of drug-likeness (QED) is 0.524. The van der Waals surface area contributed by atoms with Gasteiger partial charge in [0.05, 0.1) is 21.5 Å². The topological polar surface area (TPSA) is 145 Å². The average molecular weight is 389 g/mol. The fourth-order valence-electron chi connectivity index (χ4n) is 3.36. The normalized spacial score (nSPS) is 31.5. The molecule has 2 aliphatic rings. The average Bonchev–Trinajstić information content (AvgIpc) is 2.55. The van der Waals surface area contributed by atoms with Gasteiger partial charge in [-0.25, -0.2) is 17.9 Å². The molecule has 3 rings (SSSR count). The molecule has 1 aromatic rings. The SMILES string of the molecule is CC1(O)CCC(F)([C@H]2COc3cc(S(N)(=O)=O)cc([N+](=O)[O-])c3N2)CC1. The van der Waals surface area contributed by atoms with E-state index in [1.165, 1.54) is 0 Å². The lowest BCUT2D eigenvalue weighted by molar-refractivity contribution is -0.384. The van der Waals surface area contributed by atoms with Crippen molar-refractivity contribution in [1.29, 1.82) is 0 Å². The lowest BCUT2D eigenvalue weighted by Crippen LogP contribution is -2.53. The van der Waals surface area contributed by atoms with Gasteiger partial charge in [-0.15, -0.1) is 0 Å². The number of nitro groups is 1. The van der Waals surface area contributed by atoms with Gasteiger partial charge in [-0.1, -0.05) is 0 Å². The minimum Gasteiger partial charge on any atom is -0.489 e. The Labute approximate surface area is 149 Å². The van der Waals surface area contributed by atoms with Crippen LogP contribution in [0.4, 0.5) is 15.8 Å². The van der Waals surface area contributed by atoms with Crippen LogP contribution in [-0.4, -0.2) is 42.4 Å². The number of alkyl halides is 1. The molecule has 1 aliphatic carbocycles. The van der Waals surface area contributed by atoms with Crippen molar-refractivity contribution in [2.45, 2.75) is 54.8 Å². The van der Waals surface area contributed by atoms with E-state index >= 15 is 4.39 Å². The lowest BCUT2D eigenvalue weighted by Gasteiger charge is -2.43. The maximum absolute atomic E-state index is 15.4. The van der Waals surface area contributed by atoms with Crippen LogP contribution in [0.5, 0.6) is 5.75 Å². The molecule has 0 unspecified atom stereocenters. The second-order valence-electron chi connectivity index (χ2n) is 7.16. The molecule has 9 nitrogen and oxygen atoms in total. The zero-order valence-electron chi connectivity index (χ0n) is 14.1. The fourth-order valence-corrected chi connectivity index (χ4v) is 3.91. The van der Waals surface area contributed by atoms with Crippen LogP contribution in [0.15, 0.2) is 17.0 Å². The van der Waals surface area contributed by atoms with Crippen LogP contribution < -0.4 is 15.2 Å². The van der Waals surface area contributed by atoms with Gasteiger partial charge in [0.15, 0.2) is 11.4 Å². The Hall–Kier alpha value is -1.98. The summed E-state index contributed by atoms with van der Waals surface area (Å²) < 4.78 is 43.8. The molecule has 1 saturated carbocycles. The predicted octanol–water partition coefficient (Wildman–Crippen LogP) is 1.45. The number of fused-ring (bicyclic) bond motifs is 1. The smallest absolute Gasteiger partial charge is 0.297 e. The largest absolute Gasteiger partial charge is 0.489 e. The molecule has 0 aromatic heterocycles. The van der Waals surface area contributed by atoms with Gasteiger partial charge < -0.3 is 15.2 Å². The van der Waals surface area contributed by atoms with Crippen molar-refractivity contribution in [2.24, 2.45) is 5.14 Å². The van der Waals surface area contributed by atoms with Gasteiger partial charge in [0.25, 0.3) is 5.69 Å². The molecule has 1 atom stereocenters. The monoisotopic (exact) mass is 389 g/mol. The van der Waals surface area contributed by atoms with Crippen molar-refractivity contribution in [3.8, 4) is 5.75 Å². The Bertz CT molecular complexity index is 847. The van der Waals surface area contributed by atoms with Crippen molar-refractivity contribution in [3.63, 3.8) is 0 Å². The minimum absolute atomic E-state index is 0.0640. The Morgan fingerprint density at radius 3 is 2.54 bits per heavy atom. The molecule has 4 N–H and O–H groups in total. The molecule has 1 aromatic carbocycles. The summed E-state index contributed by atoms with van der Waals surface area (Å²) >= 11 is 0. The van der Waals surface area contributed by atoms with Gasteiger partial charge in [-0.05, 0) is 32.6 Å². The van der Waals surface area contributed by atoms with Crippen molar-refractivity contribution >= 4 is 21.4 Å². The molecule has 0 amide bonds. The molecule has 144 valence electrons. The van der Waals surface area contributed by atoms with Gasteiger partial charge in [-0.2, -0.15) is 0 Å². The molecule has 1 aliphatic heterocycles. The van der Waals surface area contributed by atoms with Gasteiger partial charge in [-0.3, -0.25) is 10.1 Å². The third kappa shape index (κ3) is 3.46. The van der Waals surface area contributed by atoms with Gasteiger partial charge in [0.2, 0.25) is 10.0 Å². The number of aliphatic hydroxyl groups is 1. The molecule has 1 fully saturated rings. The first-order valence-corrected chi connectivity index (χ1v) is 9.62. The summed E-state index contributed by atoms with van der Waals surface area (Å²) in [6.45, 7) is 1.52. The number of nitrogens with one attached hydrogen (secondary N) is 1. The van der Waals surface area contributed by atoms with E-state index in [0.29, 0.717) is 0 Å². The summed E-state index contributed by atoms with van der Waals surface area (Å²) in [5.41, 5.74) is -3.26. The van der Waals surface area contributed by atoms with E-state index in [1.807, 2.05) is 0 Å². The summed E-state index contributed by atoms with van der Waals surface area (Å²) in [5.74, 6) is -0.0640. The van der Waals surface area contributed by atoms with E-state index < -0.39 is 42.8 Å². The first kappa shape index (κ1) is 18.8. The summed E-state index contributed by atoms with van der Waals surface area (Å²) in [5, 5.41) is 29.2. The summed E-state index contributed by atoms with van der Waals surface area (Å²) in [6.07, 6.45) is 0.695. The standard InChI is InChI=1S/C15H20FN3O6S/c1-14(20)2-4-15(16,5-3-14)12-8-25-11-7-9(26(17,23)24)6-10(19(21)22)13(11)18-12/h6-7,12,18,20H,2-5,8H2,1H3,(H2,17,23,24)/t12-,14?,15?/m1/s1. The van der Waals surface area contributed by atoms with Crippen molar-refractivity contribution in [2.75, 3.05) is 11.9 Å². The highest BCUT2D eigenvalue weighted by Gasteiger charge is 2.47. The molecule has 0 bridgehead atoms. The number of halogens is 1. The molecule has 26 heavy (non-hydrogen) atoms. The van der Waals surface area contributed by atoms with E-state index in [0.717, 1.165) is 12.1 Å². The first-order chi connectivity index (χ1) is 11.9. The Morgan fingerprint density at radius 1 is 1.38 bits per heavy atom. The number of ether oxygens (including phenoxy) is 1. The minimum atomic E-state index is -4.17. The number of nitrogens with zero attached hydrogens (tertiary/aromatic N) is 1. The number of benzene rings is 1. The number of nitro benzene ring substituents is 1. The molecule has 0 saturated heterocycles. The van der Waals surface area contributed by atoms with Crippen LogP contribution in [0.3, 0.4) is 0 Å². The Morgan fingerprint density at radius 2 is 2.00 bits per heavy atom. The predicted molar refractivity (Wildman–Crippen MR) is 90.3 cm³/mol. The van der Waals surface area contributed by atoms with E-state index in [9.17, 15) is 23.6 Å². The van der Waals surface area contributed by atoms with Crippen molar-refractivity contribution < 1.29 is 27.6 Å². The second-order valence-corrected chi connectivity index (χ2v) is 8.72. The number of nitrogens with two attached hydrogens (primary N) is 1. The summed E-state index contributed by atoms with van der Waals surface area (Å²) in [6, 6.07) is 1.05. The number of hydrogen-bond acceptors (Lipinski definition) is 7. The molecular formula is C15H20FN3O6S. The molecule has 11 heteroatoms. The van der Waals surface area contributed by atoms with Crippen LogP contribution in [0.25, 0.3) is 0 Å². The third-order valence-electron chi connectivity index (χ3n) is 5.09. The maximum atomic E-state index is 15.4. The number of sulfonamides is 1. The fraction of sp³-hybridized carbons (Fsp3) is 0.600. The number of rotatable bonds is 3. The number of anilines is 1. The van der Waals surface area contributed by atoms with E-state index in [4.69, 9.17) is 9.88 Å². The Kier molecular flexibility index (Phi) is 4.36. The molecule has 0 spiro atoms. The van der Waals surface area contributed by atoms with Crippen LogP contribution in [0.2, 0.25) is 0 Å². The summed E-state index contributed by atoms with van der Waals surface area (Å²) in [4.78, 5) is 10.1. The van der Waals surface area contributed by atoms with Crippen molar-refractivity contribution in [1.82, 2.24) is 0 Å². The van der Waals surface area contributed by atoms with Crippen LogP contribution in [0.1, 0.15) is 32.6 Å². The van der Waals surface area contributed by atoms with E-state index in [-0.39, 0.29) is 43.7 Å². The Balaban J connectivity index is 1.94. The molecule has 0 radical (unpaired) electrons. The van der Waals surface area contributed by atoms with Gasteiger partial charge in [0.1, 0.15) is 12.3 Å². The number of hydrogen-bond donors (Lipinski definition) is 3. The molecular weight excluding hydrogens is 369 g/mol. The van der Waals surface area contributed by atoms with Crippen LogP contribution in [0, 0.1) is 10.1 Å². The van der Waals surface area contributed by atoms with E-state index in [1.54, 1.807) is 6.92 Å². The third-order valence-corrected chi connectivity index (χ3v) is 5.98. The van der Waals surface area contributed by atoms with Gasteiger partial charge in [0, 0.05) is 12.1 Å². The van der Waals surface area contributed by atoms with Gasteiger partial charge >= 0.3 is 0 Å². The molecule has 1 heterocycles. The zero-order chi connectivity index (χ0) is 19.3. The number of primary sulfonamides is 1. The highest BCUT2D eigenvalue weighted by atomic mass is 32.2. The van der Waals surface area contributed by atoms with E-state index in [2.05, 4.69) is 5.32 Å². The van der Waals surface area contributed by atoms with Crippen molar-refractivity contribution in [3.05, 3.63) is 22.2 Å². The lowest BCUT2D eigenvalue weighted by atomic mass is 9.74. The highest BCUT2D eigenvalue weighted by Crippen LogP contribution is 2.45. The first-order valence-electron chi connectivity index (χ1n) is 8.07. The maximum Gasteiger partial charge on any atom is 0.297 e. The second kappa shape index (κ2) is 6.03. The van der Waals surface area contributed by atoms with Crippen LogP contribution >= 0.6 is 0 Å². The summed E-state index contributed by atoms with van der Waals surface area (Å²) in [7, 11) is -4.17.